The van der Waals surface area contributed by atoms with Crippen molar-refractivity contribution in [1.82, 2.24) is 5.43 Å². The van der Waals surface area contributed by atoms with E-state index in [2.05, 4.69) is 16.8 Å². The topological polar surface area (TPSA) is 109 Å². The van der Waals surface area contributed by atoms with Gasteiger partial charge in [-0.3, -0.25) is 15.2 Å². The number of nitrogens with zero attached hydrogens (tertiary/aromatic N) is 1. The van der Waals surface area contributed by atoms with Gasteiger partial charge in [-0.05, 0) is 54.8 Å². The van der Waals surface area contributed by atoms with Gasteiger partial charge in [-0.25, -0.2) is 0 Å². The normalized spacial score (nSPS) is 13.7. The number of hydrazine groups is 1. The first-order chi connectivity index (χ1) is 16.3. The molecule has 7 nitrogen and oxygen atoms in total. The summed E-state index contributed by atoms with van der Waals surface area (Å²) in [6.45, 7) is 4.57. The Kier molecular flexibility index (Phi) is 8.38. The zero-order chi connectivity index (χ0) is 24.7. The summed E-state index contributed by atoms with van der Waals surface area (Å²) in [7, 11) is 0. The van der Waals surface area contributed by atoms with Crippen molar-refractivity contribution < 1.29 is 15.0 Å². The zero-order valence-corrected chi connectivity index (χ0v) is 19.9. The number of fused-ring (bicyclic) bond motifs is 1. The van der Waals surface area contributed by atoms with Gasteiger partial charge in [0.2, 0.25) is 6.41 Å². The molecule has 34 heavy (non-hydrogen) atoms. The fourth-order valence-electron chi connectivity index (χ4n) is 3.76. The molecule has 0 radical (unpaired) electrons. The van der Waals surface area contributed by atoms with Crippen LogP contribution in [0.5, 0.6) is 11.5 Å². The zero-order valence-electron chi connectivity index (χ0n) is 19.1. The number of carbonyl (C=O) groups excluding carboxylic acids is 1. The summed E-state index contributed by atoms with van der Waals surface area (Å²) < 4.78 is 0. The van der Waals surface area contributed by atoms with Crippen molar-refractivity contribution in [2.75, 3.05) is 16.9 Å². The minimum atomic E-state index is -0.204. The van der Waals surface area contributed by atoms with E-state index in [-0.39, 0.29) is 23.5 Å². The van der Waals surface area contributed by atoms with Gasteiger partial charge in [0.25, 0.3) is 0 Å². The maximum absolute atomic E-state index is 10.2. The van der Waals surface area contributed by atoms with E-state index in [1.807, 2.05) is 30.1 Å². The largest absolute Gasteiger partial charge is 0.508 e. The molecular weight excluding hydrogens is 452 g/mol. The van der Waals surface area contributed by atoms with Crippen LogP contribution in [0, 0.1) is 11.3 Å². The van der Waals surface area contributed by atoms with Crippen LogP contribution in [0.25, 0.3) is 0 Å². The Hall–Kier alpha value is -3.71. The van der Waals surface area contributed by atoms with E-state index >= 15 is 0 Å². The van der Waals surface area contributed by atoms with Crippen LogP contribution >= 0.6 is 11.6 Å². The number of anilines is 2. The lowest BCUT2D eigenvalue weighted by Crippen LogP contribution is -2.35. The lowest BCUT2D eigenvalue weighted by molar-refractivity contribution is -0.109. The maximum atomic E-state index is 10.2. The van der Waals surface area contributed by atoms with Crippen LogP contribution in [-0.2, 0) is 11.2 Å². The molecule has 1 aliphatic heterocycles. The molecule has 0 bridgehead atoms. The predicted octanol–water partition coefficient (Wildman–Crippen LogP) is 5.29. The summed E-state index contributed by atoms with van der Waals surface area (Å²) in [5.41, 5.74) is 7.07. The fraction of sp³-hybridized carbons (Fsp3) is 0.231. The SMILES string of the molecule is CC(=N)C(C)C(Nc1ccc(Cl)cc1O)c1ccc(O)cc1.O=CNN1CCc2ccccc21. The van der Waals surface area contributed by atoms with E-state index < -0.39 is 0 Å². The quantitative estimate of drug-likeness (QED) is 0.179. The van der Waals surface area contributed by atoms with Crippen LogP contribution in [0.1, 0.15) is 31.0 Å². The second-order valence-corrected chi connectivity index (χ2v) is 8.56. The van der Waals surface area contributed by atoms with Gasteiger partial charge < -0.3 is 20.9 Å². The molecule has 3 aromatic rings. The summed E-state index contributed by atoms with van der Waals surface area (Å²) in [4.78, 5) is 10.2. The summed E-state index contributed by atoms with van der Waals surface area (Å²) in [5, 5.41) is 32.9. The van der Waals surface area contributed by atoms with Crippen molar-refractivity contribution >= 4 is 35.1 Å². The van der Waals surface area contributed by atoms with Gasteiger partial charge in [0.05, 0.1) is 17.4 Å². The highest BCUT2D eigenvalue weighted by molar-refractivity contribution is 6.30. The van der Waals surface area contributed by atoms with E-state index in [4.69, 9.17) is 17.0 Å². The number of phenols is 2. The number of carbonyl (C=O) groups is 1. The van der Waals surface area contributed by atoms with Crippen molar-refractivity contribution in [1.29, 1.82) is 5.41 Å². The summed E-state index contributed by atoms with van der Waals surface area (Å²) in [5.74, 6) is 0.168. The second kappa shape index (κ2) is 11.4. The lowest BCUT2D eigenvalue weighted by atomic mass is 9.91. The fourth-order valence-corrected chi connectivity index (χ4v) is 3.93. The minimum Gasteiger partial charge on any atom is -0.508 e. The van der Waals surface area contributed by atoms with Crippen LogP contribution < -0.4 is 15.8 Å². The summed E-state index contributed by atoms with van der Waals surface area (Å²) >= 11 is 5.85. The number of rotatable bonds is 7. The molecule has 178 valence electrons. The molecule has 3 aromatic carbocycles. The molecule has 1 heterocycles. The number of hydrogen-bond donors (Lipinski definition) is 5. The molecular formula is C26H29ClN4O3. The number of halogens is 1. The molecule has 2 atom stereocenters. The first kappa shape index (κ1) is 24.9. The first-order valence-corrected chi connectivity index (χ1v) is 11.3. The van der Waals surface area contributed by atoms with Crippen molar-refractivity contribution in [2.45, 2.75) is 26.3 Å². The first-order valence-electron chi connectivity index (χ1n) is 10.9. The van der Waals surface area contributed by atoms with Crippen molar-refractivity contribution in [3.63, 3.8) is 0 Å². The Balaban J connectivity index is 0.000000226. The molecule has 0 fully saturated rings. The number of aromatic hydroxyl groups is 2. The highest BCUT2D eigenvalue weighted by Gasteiger charge is 2.22. The molecule has 8 heteroatoms. The van der Waals surface area contributed by atoms with Crippen LogP contribution in [0.15, 0.2) is 66.7 Å². The van der Waals surface area contributed by atoms with Gasteiger partial charge in [-0.2, -0.15) is 0 Å². The molecule has 0 aromatic heterocycles. The third kappa shape index (κ3) is 6.20. The molecule has 0 saturated carbocycles. The Morgan fingerprint density at radius 1 is 1.12 bits per heavy atom. The van der Waals surface area contributed by atoms with Gasteiger partial charge in [0.15, 0.2) is 0 Å². The smallest absolute Gasteiger partial charge is 0.225 e. The number of benzene rings is 3. The lowest BCUT2D eigenvalue weighted by Gasteiger charge is -2.26. The van der Waals surface area contributed by atoms with Crippen molar-refractivity contribution in [2.24, 2.45) is 5.92 Å². The van der Waals surface area contributed by atoms with Crippen molar-refractivity contribution in [3.05, 3.63) is 82.9 Å². The van der Waals surface area contributed by atoms with Crippen LogP contribution in [-0.4, -0.2) is 28.9 Å². The molecule has 4 rings (SSSR count). The van der Waals surface area contributed by atoms with Gasteiger partial charge in [-0.15, -0.1) is 0 Å². The van der Waals surface area contributed by atoms with Crippen LogP contribution in [0.4, 0.5) is 11.4 Å². The van der Waals surface area contributed by atoms with Gasteiger partial charge in [0, 0.05) is 29.3 Å². The second-order valence-electron chi connectivity index (χ2n) is 8.12. The number of hydrogen-bond acceptors (Lipinski definition) is 6. The van der Waals surface area contributed by atoms with Gasteiger partial charge in [-0.1, -0.05) is 48.9 Å². The summed E-state index contributed by atoms with van der Waals surface area (Å²) in [6, 6.07) is 19.6. The summed E-state index contributed by atoms with van der Waals surface area (Å²) in [6.07, 6.45) is 1.72. The number of para-hydroxylation sites is 1. The van der Waals surface area contributed by atoms with Crippen LogP contribution in [0.2, 0.25) is 5.02 Å². The Bertz CT molecular complexity index is 1140. The number of nitrogens with one attached hydrogen (secondary N) is 3. The monoisotopic (exact) mass is 480 g/mol. The molecule has 1 aliphatic rings. The highest BCUT2D eigenvalue weighted by atomic mass is 35.5. The Labute approximate surface area is 204 Å². The Morgan fingerprint density at radius 2 is 1.82 bits per heavy atom. The van der Waals surface area contributed by atoms with E-state index in [1.165, 1.54) is 11.6 Å². The van der Waals surface area contributed by atoms with E-state index in [0.29, 0.717) is 22.8 Å². The third-order valence-corrected chi connectivity index (χ3v) is 6.04. The van der Waals surface area contributed by atoms with E-state index in [0.717, 1.165) is 24.2 Å². The number of amides is 1. The Morgan fingerprint density at radius 3 is 2.47 bits per heavy atom. The predicted molar refractivity (Wildman–Crippen MR) is 137 cm³/mol. The average molecular weight is 481 g/mol. The molecule has 2 unspecified atom stereocenters. The number of phenolic OH excluding ortho intramolecular Hbond substituents is 2. The van der Waals surface area contributed by atoms with Crippen molar-refractivity contribution in [3.8, 4) is 11.5 Å². The third-order valence-electron chi connectivity index (χ3n) is 5.80. The molecule has 0 spiro atoms. The standard InChI is InChI=1S/C17H19ClN2O2.C9H10N2O/c1-10(11(2)19)17(12-3-6-14(21)7-4-12)20-15-8-5-13(18)9-16(15)22;12-7-10-11-6-5-8-3-1-2-4-9(8)11/h3-10,17,19-22H,1-2H3;1-4,7H,5-6H2,(H,10,12). The molecule has 0 saturated heterocycles. The molecule has 1 amide bonds. The highest BCUT2D eigenvalue weighted by Crippen LogP contribution is 2.34. The molecule has 5 N–H and O–H groups in total. The average Bonchev–Trinajstić information content (AvgIpc) is 3.23. The maximum Gasteiger partial charge on any atom is 0.225 e. The molecule has 0 aliphatic carbocycles. The van der Waals surface area contributed by atoms with Gasteiger partial charge in [0.1, 0.15) is 11.5 Å². The van der Waals surface area contributed by atoms with Crippen LogP contribution in [0.3, 0.4) is 0 Å². The van der Waals surface area contributed by atoms with E-state index in [9.17, 15) is 15.0 Å². The van der Waals surface area contributed by atoms with Gasteiger partial charge >= 0.3 is 0 Å². The minimum absolute atomic E-state index is 0.0612. The van der Waals surface area contributed by atoms with E-state index in [1.54, 1.807) is 43.3 Å².